The summed E-state index contributed by atoms with van der Waals surface area (Å²) in [4.78, 5) is 0. The van der Waals surface area contributed by atoms with Crippen LogP contribution in [0.4, 0.5) is 0 Å². The summed E-state index contributed by atoms with van der Waals surface area (Å²) >= 11 is 0. The molecule has 1 aliphatic rings. The molecular weight excluding hydrogens is 262 g/mol. The van der Waals surface area contributed by atoms with Gasteiger partial charge < -0.3 is 10.1 Å². The predicted octanol–water partition coefficient (Wildman–Crippen LogP) is 3.54. The molecule has 1 N–H and O–H groups in total. The van der Waals surface area contributed by atoms with Crippen LogP contribution in [0.3, 0.4) is 0 Å². The third-order valence-corrected chi connectivity index (χ3v) is 4.60. The predicted molar refractivity (Wildman–Crippen MR) is 86.3 cm³/mol. The van der Waals surface area contributed by atoms with E-state index >= 15 is 0 Å². The standard InChI is InChI=1S/C17H31N3O/c1-4-11-20-13-15(12-19-20)16(18-5-2)17(21-3)14-9-7-6-8-10-14/h12-14,16-18H,4-11H2,1-3H3. The van der Waals surface area contributed by atoms with Crippen LogP contribution < -0.4 is 5.32 Å². The number of methoxy groups -OCH3 is 1. The Morgan fingerprint density at radius 2 is 2.10 bits per heavy atom. The maximum atomic E-state index is 5.93. The fraction of sp³-hybridized carbons (Fsp3) is 0.824. The van der Waals surface area contributed by atoms with E-state index in [1.54, 1.807) is 0 Å². The fourth-order valence-electron chi connectivity index (χ4n) is 3.60. The summed E-state index contributed by atoms with van der Waals surface area (Å²) in [5, 5.41) is 8.12. The van der Waals surface area contributed by atoms with Crippen LogP contribution in [0.25, 0.3) is 0 Å². The van der Waals surface area contributed by atoms with Gasteiger partial charge in [0.15, 0.2) is 0 Å². The first-order chi connectivity index (χ1) is 10.3. The van der Waals surface area contributed by atoms with Crippen molar-refractivity contribution in [3.63, 3.8) is 0 Å². The molecule has 120 valence electrons. The second-order valence-corrected chi connectivity index (χ2v) is 6.17. The molecule has 21 heavy (non-hydrogen) atoms. The Morgan fingerprint density at radius 3 is 2.71 bits per heavy atom. The molecule has 4 nitrogen and oxygen atoms in total. The van der Waals surface area contributed by atoms with Gasteiger partial charge in [-0.1, -0.05) is 33.1 Å². The third kappa shape index (κ3) is 4.30. The van der Waals surface area contributed by atoms with Gasteiger partial charge in [-0.05, 0) is 31.7 Å². The maximum Gasteiger partial charge on any atom is 0.0795 e. The van der Waals surface area contributed by atoms with Crippen molar-refractivity contribution in [2.45, 2.75) is 71.1 Å². The van der Waals surface area contributed by atoms with Crippen LogP contribution in [0.15, 0.2) is 12.4 Å². The zero-order valence-electron chi connectivity index (χ0n) is 13.8. The molecule has 4 heteroatoms. The SMILES string of the molecule is CCCn1cc(C(NCC)C(OC)C2CCCCC2)cn1. The molecule has 0 bridgehead atoms. The van der Waals surface area contributed by atoms with E-state index in [4.69, 9.17) is 4.74 Å². The molecule has 2 atom stereocenters. The van der Waals surface area contributed by atoms with Crippen LogP contribution in [-0.4, -0.2) is 29.5 Å². The number of nitrogens with one attached hydrogen (secondary N) is 1. The van der Waals surface area contributed by atoms with Gasteiger partial charge in [0.1, 0.15) is 0 Å². The van der Waals surface area contributed by atoms with Crippen LogP contribution in [0.2, 0.25) is 0 Å². The van der Waals surface area contributed by atoms with Gasteiger partial charge in [0, 0.05) is 25.4 Å². The number of likely N-dealkylation sites (N-methyl/N-ethyl adjacent to an activating group) is 1. The van der Waals surface area contributed by atoms with Gasteiger partial charge in [-0.25, -0.2) is 0 Å². The van der Waals surface area contributed by atoms with Crippen LogP contribution >= 0.6 is 0 Å². The molecule has 1 saturated carbocycles. The third-order valence-electron chi connectivity index (χ3n) is 4.60. The summed E-state index contributed by atoms with van der Waals surface area (Å²) < 4.78 is 7.98. The summed E-state index contributed by atoms with van der Waals surface area (Å²) in [6.45, 7) is 6.29. The summed E-state index contributed by atoms with van der Waals surface area (Å²) in [7, 11) is 1.86. The fourth-order valence-corrected chi connectivity index (χ4v) is 3.60. The first-order valence-electron chi connectivity index (χ1n) is 8.58. The van der Waals surface area contributed by atoms with E-state index in [1.807, 2.05) is 18.0 Å². The number of aryl methyl sites for hydroxylation is 1. The van der Waals surface area contributed by atoms with E-state index in [0.717, 1.165) is 19.5 Å². The van der Waals surface area contributed by atoms with Crippen molar-refractivity contribution in [2.24, 2.45) is 5.92 Å². The Kier molecular flexibility index (Phi) is 6.71. The molecule has 1 aliphatic carbocycles. The van der Waals surface area contributed by atoms with Gasteiger partial charge >= 0.3 is 0 Å². The van der Waals surface area contributed by atoms with Crippen molar-refractivity contribution in [1.82, 2.24) is 15.1 Å². The van der Waals surface area contributed by atoms with Crippen LogP contribution in [-0.2, 0) is 11.3 Å². The minimum atomic E-state index is 0.254. The van der Waals surface area contributed by atoms with Gasteiger partial charge in [0.05, 0.1) is 18.3 Å². The Bertz CT molecular complexity index is 398. The highest BCUT2D eigenvalue weighted by Crippen LogP contribution is 2.34. The molecule has 0 saturated heterocycles. The average Bonchev–Trinajstić information content (AvgIpc) is 2.97. The first-order valence-corrected chi connectivity index (χ1v) is 8.58. The van der Waals surface area contributed by atoms with Crippen LogP contribution in [0, 0.1) is 5.92 Å². The van der Waals surface area contributed by atoms with Gasteiger partial charge in [-0.3, -0.25) is 4.68 Å². The lowest BCUT2D eigenvalue weighted by Gasteiger charge is -2.35. The Balaban J connectivity index is 2.13. The molecular formula is C17H31N3O. The molecule has 2 unspecified atom stereocenters. The van der Waals surface area contributed by atoms with E-state index in [9.17, 15) is 0 Å². The number of nitrogens with zero attached hydrogens (tertiary/aromatic N) is 2. The van der Waals surface area contributed by atoms with E-state index < -0.39 is 0 Å². The summed E-state index contributed by atoms with van der Waals surface area (Å²) in [5.74, 6) is 0.669. The number of hydrogen-bond donors (Lipinski definition) is 1. The van der Waals surface area contributed by atoms with Gasteiger partial charge in [0.2, 0.25) is 0 Å². The van der Waals surface area contributed by atoms with Crippen LogP contribution in [0.1, 0.15) is 64.0 Å². The van der Waals surface area contributed by atoms with Crippen molar-refractivity contribution >= 4 is 0 Å². The number of hydrogen-bond acceptors (Lipinski definition) is 3. The van der Waals surface area contributed by atoms with Gasteiger partial charge in [-0.15, -0.1) is 0 Å². The maximum absolute atomic E-state index is 5.93. The summed E-state index contributed by atoms with van der Waals surface area (Å²) in [6.07, 6.45) is 12.2. The highest BCUT2D eigenvalue weighted by atomic mass is 16.5. The quantitative estimate of drug-likeness (QED) is 0.797. The minimum absolute atomic E-state index is 0.254. The smallest absolute Gasteiger partial charge is 0.0795 e. The molecule has 0 aliphatic heterocycles. The zero-order valence-corrected chi connectivity index (χ0v) is 13.8. The van der Waals surface area contributed by atoms with Gasteiger partial charge in [0.25, 0.3) is 0 Å². The molecule has 1 heterocycles. The van der Waals surface area contributed by atoms with Crippen molar-refractivity contribution in [3.8, 4) is 0 Å². The number of aromatic nitrogens is 2. The molecule has 0 aromatic carbocycles. The van der Waals surface area contributed by atoms with E-state index in [2.05, 4.69) is 30.5 Å². The van der Waals surface area contributed by atoms with Crippen molar-refractivity contribution < 1.29 is 4.74 Å². The van der Waals surface area contributed by atoms with Gasteiger partial charge in [-0.2, -0.15) is 5.10 Å². The monoisotopic (exact) mass is 293 g/mol. The number of ether oxygens (including phenoxy) is 1. The minimum Gasteiger partial charge on any atom is -0.379 e. The average molecular weight is 293 g/mol. The van der Waals surface area contributed by atoms with Crippen molar-refractivity contribution in [2.75, 3.05) is 13.7 Å². The molecule has 0 amide bonds. The van der Waals surface area contributed by atoms with Crippen LogP contribution in [0.5, 0.6) is 0 Å². The normalized spacial score (nSPS) is 19.6. The Morgan fingerprint density at radius 1 is 1.33 bits per heavy atom. The number of rotatable bonds is 8. The molecule has 0 spiro atoms. The highest BCUT2D eigenvalue weighted by Gasteiger charge is 2.31. The van der Waals surface area contributed by atoms with E-state index in [0.29, 0.717) is 5.92 Å². The molecule has 1 aromatic heterocycles. The summed E-state index contributed by atoms with van der Waals surface area (Å²) in [5.41, 5.74) is 1.27. The molecule has 1 aromatic rings. The Hall–Kier alpha value is -0.870. The largest absolute Gasteiger partial charge is 0.379 e. The van der Waals surface area contributed by atoms with Crippen molar-refractivity contribution in [3.05, 3.63) is 18.0 Å². The van der Waals surface area contributed by atoms with Crippen molar-refractivity contribution in [1.29, 1.82) is 0 Å². The molecule has 0 radical (unpaired) electrons. The Labute approximate surface area is 129 Å². The van der Waals surface area contributed by atoms with E-state index in [-0.39, 0.29) is 12.1 Å². The first kappa shape index (κ1) is 16.5. The summed E-state index contributed by atoms with van der Waals surface area (Å²) in [6, 6.07) is 0.258. The highest BCUT2D eigenvalue weighted by molar-refractivity contribution is 5.13. The zero-order chi connectivity index (χ0) is 15.1. The molecule has 1 fully saturated rings. The molecule has 2 rings (SSSR count). The second-order valence-electron chi connectivity index (χ2n) is 6.17. The lowest BCUT2D eigenvalue weighted by atomic mass is 9.81. The van der Waals surface area contributed by atoms with E-state index in [1.165, 1.54) is 37.7 Å². The topological polar surface area (TPSA) is 39.1 Å². The second kappa shape index (κ2) is 8.54. The lowest BCUT2D eigenvalue weighted by molar-refractivity contribution is 0.00790. The lowest BCUT2D eigenvalue weighted by Crippen LogP contribution is -2.39.